The van der Waals surface area contributed by atoms with Crippen LogP contribution in [-0.4, -0.2) is 54.3 Å². The molecule has 0 radical (unpaired) electrons. The normalized spacial score (nSPS) is 15.2. The minimum Gasteiger partial charge on any atom is -0.799 e. The van der Waals surface area contributed by atoms with E-state index in [4.69, 9.17) is 0 Å². The van der Waals surface area contributed by atoms with Crippen LogP contribution >= 0.6 is 22.1 Å². The second kappa shape index (κ2) is 33.0. The zero-order valence-corrected chi connectivity index (χ0v) is 31.2. The maximum atomic E-state index is 11.1. The molecule has 0 aliphatic rings. The van der Waals surface area contributed by atoms with Crippen LogP contribution in [0.3, 0.4) is 0 Å². The predicted molar refractivity (Wildman–Crippen MR) is 175 cm³/mol. The van der Waals surface area contributed by atoms with Crippen LogP contribution in [0.4, 0.5) is 0 Å². The van der Waals surface area contributed by atoms with Crippen molar-refractivity contribution in [3.05, 3.63) is 0 Å². The molecule has 0 aromatic heterocycles. The molecule has 0 aromatic rings. The van der Waals surface area contributed by atoms with Crippen LogP contribution in [-0.2, 0) is 13.7 Å². The van der Waals surface area contributed by atoms with Gasteiger partial charge in [-0.2, -0.15) is 0 Å². The maximum absolute atomic E-state index is 11.1. The Labute approximate surface area is 261 Å². The van der Waals surface area contributed by atoms with E-state index < -0.39 is 22.1 Å². The van der Waals surface area contributed by atoms with Gasteiger partial charge in [0.05, 0.1) is 0 Å². The monoisotopic (exact) mass is 642 g/mol. The zero-order valence-electron chi connectivity index (χ0n) is 27.3. The SMILES string of the molecule is CCCCCCCCP(=O)([O-])CC.CCCCCCCCP(=O)([O-])CC.CCCCCCCCP(=O)([O-])CC.[Al+3]. The molecule has 0 saturated heterocycles. The van der Waals surface area contributed by atoms with Gasteiger partial charge in [0.2, 0.25) is 0 Å². The third kappa shape index (κ3) is 41.2. The van der Waals surface area contributed by atoms with E-state index in [9.17, 15) is 28.4 Å². The van der Waals surface area contributed by atoms with E-state index in [-0.39, 0.29) is 17.4 Å². The standard InChI is InChI=1S/3C10H23O2P.Al/c3*1-3-5-6-7-8-9-10-13(11,12)4-2;/h3*3-10H2,1-2H3,(H,11,12);/q;;;+3/p-3. The molecule has 0 aromatic carbocycles. The molecule has 10 heteroatoms. The summed E-state index contributed by atoms with van der Waals surface area (Å²) < 4.78 is 33.3. The molecule has 6 nitrogen and oxygen atoms in total. The molecule has 0 bridgehead atoms. The molecule has 0 amide bonds. The van der Waals surface area contributed by atoms with Gasteiger partial charge in [-0.05, 0) is 56.2 Å². The maximum Gasteiger partial charge on any atom is 3.00 e. The fourth-order valence-electron chi connectivity index (χ4n) is 3.87. The molecule has 0 aliphatic heterocycles. The van der Waals surface area contributed by atoms with Crippen LogP contribution in [0.2, 0.25) is 0 Å². The van der Waals surface area contributed by atoms with Gasteiger partial charge in [-0.25, -0.2) is 0 Å². The molecule has 0 rings (SSSR count). The Morgan fingerprint density at radius 3 is 0.700 bits per heavy atom. The van der Waals surface area contributed by atoms with Gasteiger partial charge in [-0.15, -0.1) is 0 Å². The molecule has 0 fully saturated rings. The molecule has 0 spiro atoms. The van der Waals surface area contributed by atoms with Crippen molar-refractivity contribution in [1.82, 2.24) is 0 Å². The van der Waals surface area contributed by atoms with Crippen molar-refractivity contribution in [3.63, 3.8) is 0 Å². The molecule has 0 N–H and O–H groups in total. The number of unbranched alkanes of at least 4 members (excludes halogenated alkanes) is 15. The van der Waals surface area contributed by atoms with Crippen molar-refractivity contribution in [3.8, 4) is 0 Å². The molecule has 0 aliphatic carbocycles. The average Bonchev–Trinajstić information content (AvgIpc) is 2.91. The Morgan fingerprint density at radius 1 is 0.350 bits per heavy atom. The first-order valence-corrected chi connectivity index (χ1v) is 22.2. The van der Waals surface area contributed by atoms with Gasteiger partial charge in [0.15, 0.2) is 0 Å². The number of hydrogen-bond acceptors (Lipinski definition) is 6. The molecule has 0 saturated carbocycles. The summed E-state index contributed by atoms with van der Waals surface area (Å²) in [5.74, 6) is 0. The summed E-state index contributed by atoms with van der Waals surface area (Å²) in [6.45, 7) is 11.7. The van der Waals surface area contributed by atoms with E-state index in [0.717, 1.165) is 38.5 Å². The smallest absolute Gasteiger partial charge is 0.799 e. The van der Waals surface area contributed by atoms with Crippen molar-refractivity contribution >= 4 is 39.5 Å². The van der Waals surface area contributed by atoms with Crippen LogP contribution in [0.5, 0.6) is 0 Å². The van der Waals surface area contributed by atoms with E-state index in [2.05, 4.69) is 20.8 Å². The first kappa shape index (κ1) is 48.0. The number of hydrogen-bond donors (Lipinski definition) is 0. The largest absolute Gasteiger partial charge is 3.00 e. The summed E-state index contributed by atoms with van der Waals surface area (Å²) in [4.78, 5) is 33.3. The first-order chi connectivity index (χ1) is 18.4. The Kier molecular flexibility index (Phi) is 39.6. The summed E-state index contributed by atoms with van der Waals surface area (Å²) in [6.07, 6.45) is 22.9. The summed E-state index contributed by atoms with van der Waals surface area (Å²) in [6, 6.07) is 0. The molecule has 3 unspecified atom stereocenters. The van der Waals surface area contributed by atoms with E-state index in [1.807, 2.05) is 0 Å². The van der Waals surface area contributed by atoms with Crippen LogP contribution in [0, 0.1) is 0 Å². The third-order valence-corrected chi connectivity index (χ3v) is 12.9. The van der Waals surface area contributed by atoms with Crippen molar-refractivity contribution in [2.75, 3.05) is 37.0 Å². The molecule has 40 heavy (non-hydrogen) atoms. The molecule has 3 atom stereocenters. The Balaban J connectivity index is -0.000000240. The van der Waals surface area contributed by atoms with E-state index >= 15 is 0 Å². The minimum atomic E-state index is -2.98. The van der Waals surface area contributed by atoms with Gasteiger partial charge < -0.3 is 28.4 Å². The zero-order chi connectivity index (χ0) is 30.5. The van der Waals surface area contributed by atoms with E-state index in [1.54, 1.807) is 20.8 Å². The van der Waals surface area contributed by atoms with Crippen molar-refractivity contribution in [2.45, 2.75) is 157 Å². The quantitative estimate of drug-likeness (QED) is 0.0590. The Morgan fingerprint density at radius 2 is 0.525 bits per heavy atom. The topological polar surface area (TPSA) is 120 Å². The summed E-state index contributed by atoms with van der Waals surface area (Å²) in [7, 11) is -8.94. The van der Waals surface area contributed by atoms with Crippen LogP contribution in [0.1, 0.15) is 157 Å². The third-order valence-electron chi connectivity index (χ3n) is 7.00. The fraction of sp³-hybridized carbons (Fsp3) is 1.00. The molecular formula is C30H66AlO6P3. The molecule has 240 valence electrons. The van der Waals surface area contributed by atoms with Crippen molar-refractivity contribution in [1.29, 1.82) is 0 Å². The minimum absolute atomic E-state index is 0. The summed E-state index contributed by atoms with van der Waals surface area (Å²) in [5.41, 5.74) is 0. The van der Waals surface area contributed by atoms with Gasteiger partial charge in [0.1, 0.15) is 0 Å². The number of rotatable bonds is 24. The predicted octanol–water partition coefficient (Wildman–Crippen LogP) is 8.63. The van der Waals surface area contributed by atoms with Gasteiger partial charge >= 0.3 is 17.4 Å². The van der Waals surface area contributed by atoms with E-state index in [1.165, 1.54) is 77.0 Å². The molecular weight excluding hydrogens is 576 g/mol. The summed E-state index contributed by atoms with van der Waals surface area (Å²) in [5, 5.41) is 0. The second-order valence-electron chi connectivity index (χ2n) is 10.9. The summed E-state index contributed by atoms with van der Waals surface area (Å²) >= 11 is 0. The van der Waals surface area contributed by atoms with Crippen LogP contribution < -0.4 is 14.7 Å². The fourth-order valence-corrected chi connectivity index (χ4v) is 6.94. The van der Waals surface area contributed by atoms with Gasteiger partial charge in [0.25, 0.3) is 0 Å². The van der Waals surface area contributed by atoms with Crippen molar-refractivity contribution < 1.29 is 28.4 Å². The van der Waals surface area contributed by atoms with Gasteiger partial charge in [-0.3, -0.25) is 0 Å². The van der Waals surface area contributed by atoms with Crippen LogP contribution in [0.15, 0.2) is 0 Å². The Hall–Kier alpha value is 1.10. The van der Waals surface area contributed by atoms with Crippen LogP contribution in [0.25, 0.3) is 0 Å². The average molecular weight is 643 g/mol. The Bertz CT molecular complexity index is 563. The van der Waals surface area contributed by atoms with Gasteiger partial charge in [-0.1, -0.05) is 138 Å². The second-order valence-corrected chi connectivity index (χ2v) is 19.0. The van der Waals surface area contributed by atoms with E-state index in [0.29, 0.717) is 37.0 Å². The molecule has 0 heterocycles. The first-order valence-electron chi connectivity index (χ1n) is 16.2. The van der Waals surface area contributed by atoms with Gasteiger partial charge in [0, 0.05) is 22.1 Å². The van der Waals surface area contributed by atoms with Crippen molar-refractivity contribution in [2.24, 2.45) is 0 Å².